The quantitative estimate of drug-likeness (QED) is 0.791. The van der Waals surface area contributed by atoms with Crippen LogP contribution in [-0.4, -0.2) is 4.98 Å². The predicted octanol–water partition coefficient (Wildman–Crippen LogP) is 3.86. The van der Waals surface area contributed by atoms with E-state index < -0.39 is 5.82 Å². The number of nitrogens with zero attached hydrogens (tertiary/aromatic N) is 2. The Kier molecular flexibility index (Phi) is 3.48. The van der Waals surface area contributed by atoms with Crippen molar-refractivity contribution < 1.29 is 4.39 Å². The number of fused-ring (bicyclic) bond motifs is 1. The Morgan fingerprint density at radius 2 is 1.95 bits per heavy atom. The van der Waals surface area contributed by atoms with E-state index in [1.165, 1.54) is 6.07 Å². The summed E-state index contributed by atoms with van der Waals surface area (Å²) in [6, 6.07) is 14.4. The molecule has 0 atom stereocenters. The molecule has 1 N–H and O–H groups in total. The minimum Gasteiger partial charge on any atom is -0.380 e. The third-order valence-electron chi connectivity index (χ3n) is 3.35. The van der Waals surface area contributed by atoms with Crippen molar-refractivity contribution in [3.05, 3.63) is 71.8 Å². The molecular weight excluding hydrogens is 265 g/mol. The van der Waals surface area contributed by atoms with Crippen molar-refractivity contribution in [3.8, 4) is 6.07 Å². The van der Waals surface area contributed by atoms with Crippen LogP contribution >= 0.6 is 0 Å². The van der Waals surface area contributed by atoms with Gasteiger partial charge in [0.05, 0.1) is 5.69 Å². The molecule has 0 saturated carbocycles. The molecule has 1 aromatic heterocycles. The number of halogens is 1. The molecule has 0 aliphatic rings. The van der Waals surface area contributed by atoms with Crippen LogP contribution in [0.15, 0.2) is 54.9 Å². The Balaban J connectivity index is 1.91. The lowest BCUT2D eigenvalue weighted by Gasteiger charge is -2.10. The van der Waals surface area contributed by atoms with Gasteiger partial charge in [0.2, 0.25) is 0 Å². The second-order valence-electron chi connectivity index (χ2n) is 4.65. The van der Waals surface area contributed by atoms with E-state index >= 15 is 0 Å². The highest BCUT2D eigenvalue weighted by atomic mass is 19.1. The topological polar surface area (TPSA) is 48.7 Å². The maximum absolute atomic E-state index is 13.6. The Morgan fingerprint density at radius 1 is 1.10 bits per heavy atom. The fourth-order valence-corrected chi connectivity index (χ4v) is 2.30. The first-order chi connectivity index (χ1) is 10.3. The van der Waals surface area contributed by atoms with E-state index in [4.69, 9.17) is 5.26 Å². The molecule has 102 valence electrons. The van der Waals surface area contributed by atoms with Crippen LogP contribution in [0.2, 0.25) is 0 Å². The van der Waals surface area contributed by atoms with Gasteiger partial charge in [-0.3, -0.25) is 4.98 Å². The fourth-order valence-electron chi connectivity index (χ4n) is 2.30. The van der Waals surface area contributed by atoms with Crippen LogP contribution in [-0.2, 0) is 6.54 Å². The molecule has 4 heteroatoms. The molecule has 2 aromatic carbocycles. The third kappa shape index (κ3) is 2.54. The standard InChI is InChI=1S/C17H12FN3/c18-16-6-3-7-17(15(16)8-19)21-11-13-10-20-9-12-4-1-2-5-14(12)13/h1-7,9-10,21H,11H2. The van der Waals surface area contributed by atoms with Gasteiger partial charge in [0.15, 0.2) is 0 Å². The summed E-state index contributed by atoms with van der Waals surface area (Å²) in [5, 5.41) is 14.3. The van der Waals surface area contributed by atoms with Gasteiger partial charge < -0.3 is 5.32 Å². The van der Waals surface area contributed by atoms with Crippen LogP contribution in [0.1, 0.15) is 11.1 Å². The van der Waals surface area contributed by atoms with E-state index in [-0.39, 0.29) is 5.56 Å². The number of hydrogen-bond donors (Lipinski definition) is 1. The summed E-state index contributed by atoms with van der Waals surface area (Å²) in [5.41, 5.74) is 1.53. The van der Waals surface area contributed by atoms with Crippen molar-refractivity contribution in [2.45, 2.75) is 6.54 Å². The molecule has 0 radical (unpaired) electrons. The average Bonchev–Trinajstić information content (AvgIpc) is 2.53. The lowest BCUT2D eigenvalue weighted by molar-refractivity contribution is 0.624. The molecule has 3 aromatic rings. The van der Waals surface area contributed by atoms with Crippen LogP contribution in [0, 0.1) is 17.1 Å². The average molecular weight is 277 g/mol. The molecule has 0 aliphatic heterocycles. The van der Waals surface area contributed by atoms with Crippen LogP contribution < -0.4 is 5.32 Å². The van der Waals surface area contributed by atoms with Gasteiger partial charge in [-0.25, -0.2) is 4.39 Å². The smallest absolute Gasteiger partial charge is 0.143 e. The van der Waals surface area contributed by atoms with Crippen molar-refractivity contribution in [2.24, 2.45) is 0 Å². The fraction of sp³-hybridized carbons (Fsp3) is 0.0588. The van der Waals surface area contributed by atoms with Crippen LogP contribution in [0.3, 0.4) is 0 Å². The first-order valence-electron chi connectivity index (χ1n) is 6.53. The molecular formula is C17H12FN3. The number of aromatic nitrogens is 1. The Morgan fingerprint density at radius 3 is 2.81 bits per heavy atom. The predicted molar refractivity (Wildman–Crippen MR) is 80.2 cm³/mol. The maximum Gasteiger partial charge on any atom is 0.143 e. The molecule has 0 unspecified atom stereocenters. The number of nitriles is 1. The van der Waals surface area contributed by atoms with Crippen molar-refractivity contribution in [2.75, 3.05) is 5.32 Å². The Labute approximate surface area is 121 Å². The highest BCUT2D eigenvalue weighted by Crippen LogP contribution is 2.21. The molecule has 3 nitrogen and oxygen atoms in total. The summed E-state index contributed by atoms with van der Waals surface area (Å²) in [6.07, 6.45) is 3.59. The largest absolute Gasteiger partial charge is 0.380 e. The first-order valence-corrected chi connectivity index (χ1v) is 6.53. The zero-order valence-corrected chi connectivity index (χ0v) is 11.2. The van der Waals surface area contributed by atoms with E-state index in [1.807, 2.05) is 36.5 Å². The number of rotatable bonds is 3. The molecule has 21 heavy (non-hydrogen) atoms. The molecule has 0 amide bonds. The van der Waals surface area contributed by atoms with Crippen LogP contribution in [0.4, 0.5) is 10.1 Å². The van der Waals surface area contributed by atoms with Crippen LogP contribution in [0.25, 0.3) is 10.8 Å². The molecule has 0 bridgehead atoms. The number of hydrogen-bond acceptors (Lipinski definition) is 3. The number of benzene rings is 2. The minimum atomic E-state index is -0.515. The second kappa shape index (κ2) is 5.59. The lowest BCUT2D eigenvalue weighted by Crippen LogP contribution is -2.03. The molecule has 0 saturated heterocycles. The Bertz CT molecular complexity index is 832. The normalized spacial score (nSPS) is 10.3. The van der Waals surface area contributed by atoms with Gasteiger partial charge >= 0.3 is 0 Å². The van der Waals surface area contributed by atoms with E-state index in [9.17, 15) is 4.39 Å². The summed E-state index contributed by atoms with van der Waals surface area (Å²) >= 11 is 0. The van der Waals surface area contributed by atoms with Crippen LogP contribution in [0.5, 0.6) is 0 Å². The van der Waals surface area contributed by atoms with Crippen molar-refractivity contribution in [1.82, 2.24) is 4.98 Å². The van der Waals surface area contributed by atoms with Gasteiger partial charge in [-0.1, -0.05) is 30.3 Å². The number of anilines is 1. The SMILES string of the molecule is N#Cc1c(F)cccc1NCc1cncc2ccccc12. The Hall–Kier alpha value is -2.93. The molecule has 1 heterocycles. The molecule has 0 spiro atoms. The minimum absolute atomic E-state index is 0.0331. The summed E-state index contributed by atoms with van der Waals surface area (Å²) in [4.78, 5) is 4.21. The summed E-state index contributed by atoms with van der Waals surface area (Å²) in [7, 11) is 0. The zero-order chi connectivity index (χ0) is 14.7. The first kappa shape index (κ1) is 13.1. The maximum atomic E-state index is 13.6. The van der Waals surface area contributed by atoms with E-state index in [1.54, 1.807) is 18.3 Å². The van der Waals surface area contributed by atoms with Gasteiger partial charge in [0.1, 0.15) is 17.4 Å². The highest BCUT2D eigenvalue weighted by Gasteiger charge is 2.08. The monoisotopic (exact) mass is 277 g/mol. The summed E-state index contributed by atoms with van der Waals surface area (Å²) in [5.74, 6) is -0.515. The number of nitrogens with one attached hydrogen (secondary N) is 1. The lowest BCUT2D eigenvalue weighted by atomic mass is 10.1. The summed E-state index contributed by atoms with van der Waals surface area (Å²) < 4.78 is 13.6. The molecule has 0 aliphatic carbocycles. The molecule has 0 fully saturated rings. The van der Waals surface area contributed by atoms with Gasteiger partial charge in [-0.15, -0.1) is 0 Å². The van der Waals surface area contributed by atoms with Gasteiger partial charge in [-0.05, 0) is 23.1 Å². The van der Waals surface area contributed by atoms with E-state index in [2.05, 4.69) is 10.3 Å². The third-order valence-corrected chi connectivity index (χ3v) is 3.35. The molecule has 3 rings (SSSR count). The van der Waals surface area contributed by atoms with Crippen molar-refractivity contribution in [1.29, 1.82) is 5.26 Å². The summed E-state index contributed by atoms with van der Waals surface area (Å²) in [6.45, 7) is 0.479. The highest BCUT2D eigenvalue weighted by molar-refractivity contribution is 5.84. The van der Waals surface area contributed by atoms with Gasteiger partial charge in [-0.2, -0.15) is 5.26 Å². The van der Waals surface area contributed by atoms with Crippen molar-refractivity contribution in [3.63, 3.8) is 0 Å². The van der Waals surface area contributed by atoms with Gasteiger partial charge in [0.25, 0.3) is 0 Å². The number of pyridine rings is 1. The van der Waals surface area contributed by atoms with Gasteiger partial charge in [0, 0.05) is 24.3 Å². The zero-order valence-electron chi connectivity index (χ0n) is 11.2. The second-order valence-corrected chi connectivity index (χ2v) is 4.65. The van der Waals surface area contributed by atoms with E-state index in [0.29, 0.717) is 12.2 Å². The van der Waals surface area contributed by atoms with E-state index in [0.717, 1.165) is 16.3 Å². The van der Waals surface area contributed by atoms with Crippen molar-refractivity contribution >= 4 is 16.5 Å².